The van der Waals surface area contributed by atoms with Gasteiger partial charge in [0.05, 0.1) is 11.7 Å². The van der Waals surface area contributed by atoms with Crippen LogP contribution in [0.25, 0.3) is 0 Å². The van der Waals surface area contributed by atoms with Crippen molar-refractivity contribution < 1.29 is 9.21 Å². The van der Waals surface area contributed by atoms with Crippen LogP contribution in [0.15, 0.2) is 47.2 Å². The van der Waals surface area contributed by atoms with E-state index in [1.165, 1.54) is 23.1 Å². The highest BCUT2D eigenvalue weighted by atomic mass is 16.3. The van der Waals surface area contributed by atoms with Gasteiger partial charge in [-0.1, -0.05) is 24.3 Å². The molecule has 0 saturated carbocycles. The van der Waals surface area contributed by atoms with E-state index in [4.69, 9.17) is 4.42 Å². The number of likely N-dealkylation sites (tertiary alicyclic amines) is 2. The molecule has 2 aromatic heterocycles. The molecule has 7 nitrogen and oxygen atoms in total. The predicted molar refractivity (Wildman–Crippen MR) is 112 cm³/mol. The van der Waals surface area contributed by atoms with Crippen LogP contribution < -0.4 is 0 Å². The number of carbonyl (C=O) groups is 1. The number of oxazole rings is 1. The topological polar surface area (TPSA) is 67.4 Å². The monoisotopic (exact) mass is 405 g/mol. The molecule has 3 atom stereocenters. The Morgan fingerprint density at radius 3 is 2.70 bits per heavy atom. The summed E-state index contributed by atoms with van der Waals surface area (Å²) in [5, 5.41) is 4.30. The molecule has 30 heavy (non-hydrogen) atoms. The second kappa shape index (κ2) is 7.40. The number of rotatable bonds is 4. The van der Waals surface area contributed by atoms with Gasteiger partial charge in [0.15, 0.2) is 11.6 Å². The average molecular weight is 406 g/mol. The van der Waals surface area contributed by atoms with Gasteiger partial charge in [-0.05, 0) is 30.0 Å². The normalized spacial score (nSPS) is 23.8. The van der Waals surface area contributed by atoms with Crippen molar-refractivity contribution in [3.05, 3.63) is 71.2 Å². The van der Waals surface area contributed by atoms with E-state index in [0.717, 1.165) is 26.2 Å². The zero-order chi connectivity index (χ0) is 20.8. The van der Waals surface area contributed by atoms with Crippen molar-refractivity contribution in [1.82, 2.24) is 24.6 Å². The Bertz CT molecular complexity index is 1070. The van der Waals surface area contributed by atoms with Crippen LogP contribution in [0.3, 0.4) is 0 Å². The number of nitrogens with zero attached hydrogens (tertiary/aromatic N) is 5. The van der Waals surface area contributed by atoms with E-state index in [0.29, 0.717) is 23.4 Å². The summed E-state index contributed by atoms with van der Waals surface area (Å²) >= 11 is 0. The van der Waals surface area contributed by atoms with E-state index in [-0.39, 0.29) is 11.9 Å². The zero-order valence-electron chi connectivity index (χ0n) is 17.7. The molecule has 0 spiro atoms. The molecule has 5 rings (SSSR count). The van der Waals surface area contributed by atoms with Gasteiger partial charge in [-0.15, -0.1) is 0 Å². The van der Waals surface area contributed by atoms with Gasteiger partial charge in [-0.2, -0.15) is 5.10 Å². The lowest BCUT2D eigenvalue weighted by atomic mass is 9.87. The highest BCUT2D eigenvalue weighted by Crippen LogP contribution is 2.46. The fourth-order valence-electron chi connectivity index (χ4n) is 5.19. The zero-order valence-corrected chi connectivity index (χ0v) is 17.7. The van der Waals surface area contributed by atoms with Gasteiger partial charge in [0.25, 0.3) is 5.91 Å². The first-order valence-corrected chi connectivity index (χ1v) is 10.5. The fraction of sp³-hybridized carbons (Fsp3) is 0.435. The maximum Gasteiger partial charge on any atom is 0.276 e. The molecule has 0 radical (unpaired) electrons. The molecule has 1 aromatic carbocycles. The molecule has 4 heterocycles. The van der Waals surface area contributed by atoms with Crippen LogP contribution in [0.5, 0.6) is 0 Å². The summed E-state index contributed by atoms with van der Waals surface area (Å²) < 4.78 is 7.26. The van der Waals surface area contributed by atoms with E-state index in [1.54, 1.807) is 6.92 Å². The maximum atomic E-state index is 13.3. The molecule has 2 saturated heterocycles. The van der Waals surface area contributed by atoms with E-state index in [1.807, 2.05) is 22.8 Å². The lowest BCUT2D eigenvalue weighted by Gasteiger charge is -2.30. The van der Waals surface area contributed by atoms with Gasteiger partial charge in [0.1, 0.15) is 6.26 Å². The van der Waals surface area contributed by atoms with Crippen LogP contribution in [0.4, 0.5) is 0 Å². The Hall–Kier alpha value is -2.93. The van der Waals surface area contributed by atoms with Crippen molar-refractivity contribution in [3.8, 4) is 0 Å². The average Bonchev–Trinajstić information content (AvgIpc) is 3.48. The minimum Gasteiger partial charge on any atom is -0.448 e. The molecule has 0 N–H and O–H groups in total. The lowest BCUT2D eigenvalue weighted by Crippen LogP contribution is -2.36. The Kier molecular flexibility index (Phi) is 4.70. The van der Waals surface area contributed by atoms with Gasteiger partial charge in [-0.25, -0.2) is 4.98 Å². The van der Waals surface area contributed by atoms with Crippen LogP contribution >= 0.6 is 0 Å². The van der Waals surface area contributed by atoms with Crippen molar-refractivity contribution in [1.29, 1.82) is 0 Å². The fourth-order valence-corrected chi connectivity index (χ4v) is 5.19. The molecular weight excluding hydrogens is 378 g/mol. The molecule has 7 heteroatoms. The summed E-state index contributed by atoms with van der Waals surface area (Å²) in [6.07, 6.45) is 3.33. The Morgan fingerprint density at radius 1 is 1.17 bits per heavy atom. The number of amides is 1. The van der Waals surface area contributed by atoms with E-state index >= 15 is 0 Å². The number of hydrogen-bond acceptors (Lipinski definition) is 5. The number of fused-ring (bicyclic) bond motifs is 1. The van der Waals surface area contributed by atoms with Crippen LogP contribution in [0.2, 0.25) is 0 Å². The van der Waals surface area contributed by atoms with Crippen LogP contribution in [0.1, 0.15) is 39.2 Å². The van der Waals surface area contributed by atoms with E-state index in [9.17, 15) is 4.79 Å². The van der Waals surface area contributed by atoms with Gasteiger partial charge in [0, 0.05) is 52.3 Å². The second-order valence-corrected chi connectivity index (χ2v) is 8.57. The van der Waals surface area contributed by atoms with Crippen molar-refractivity contribution >= 4 is 5.91 Å². The van der Waals surface area contributed by atoms with E-state index < -0.39 is 0 Å². The molecule has 3 aromatic rings. The quantitative estimate of drug-likeness (QED) is 0.668. The second-order valence-electron chi connectivity index (χ2n) is 8.57. The summed E-state index contributed by atoms with van der Waals surface area (Å²) in [6.45, 7) is 7.49. The molecule has 0 bridgehead atoms. The molecule has 0 unspecified atom stereocenters. The summed E-state index contributed by atoms with van der Waals surface area (Å²) in [5.41, 5.74) is 4.08. The summed E-state index contributed by atoms with van der Waals surface area (Å²) in [6, 6.07) is 10.6. The van der Waals surface area contributed by atoms with Gasteiger partial charge in [-0.3, -0.25) is 14.4 Å². The van der Waals surface area contributed by atoms with Crippen molar-refractivity contribution in [2.45, 2.75) is 26.4 Å². The summed E-state index contributed by atoms with van der Waals surface area (Å²) in [4.78, 5) is 22.2. The SMILES string of the molecule is Cc1nc(C(=O)N2C[C@@H]3CN(Cc4ccnn4C)C[C@@H]3[C@H]2c2ccccc2C)co1. The molecule has 1 amide bonds. The Morgan fingerprint density at radius 2 is 2.00 bits per heavy atom. The Balaban J connectivity index is 1.44. The predicted octanol–water partition coefficient (Wildman–Crippen LogP) is 2.97. The van der Waals surface area contributed by atoms with Gasteiger partial charge in [0.2, 0.25) is 0 Å². The highest BCUT2D eigenvalue weighted by molar-refractivity contribution is 5.92. The maximum absolute atomic E-state index is 13.3. The first-order chi connectivity index (χ1) is 14.5. The standard InChI is InChI=1S/C23H27N5O2/c1-15-6-4-5-7-19(15)22-20-13-27(12-18-8-9-24-26(18)3)10-17(20)11-28(22)23(29)21-14-30-16(2)25-21/h4-9,14,17,20,22H,10-13H2,1-3H3/t17-,20-,22+/m0/s1. The summed E-state index contributed by atoms with van der Waals surface area (Å²) in [5.74, 6) is 1.33. The van der Waals surface area contributed by atoms with E-state index in [2.05, 4.69) is 52.2 Å². The third kappa shape index (κ3) is 3.23. The third-order valence-electron chi connectivity index (χ3n) is 6.65. The Labute approximate surface area is 176 Å². The van der Waals surface area contributed by atoms with Crippen molar-refractivity contribution in [2.24, 2.45) is 18.9 Å². The number of carbonyl (C=O) groups excluding carboxylic acids is 1. The largest absolute Gasteiger partial charge is 0.448 e. The minimum atomic E-state index is -0.0345. The number of benzene rings is 1. The molecular formula is C23H27N5O2. The molecule has 2 aliphatic heterocycles. The van der Waals surface area contributed by atoms with Crippen molar-refractivity contribution in [2.75, 3.05) is 19.6 Å². The molecule has 0 aliphatic carbocycles. The number of aryl methyl sites for hydroxylation is 3. The lowest BCUT2D eigenvalue weighted by molar-refractivity contribution is 0.0693. The summed E-state index contributed by atoms with van der Waals surface area (Å²) in [7, 11) is 1.99. The molecule has 156 valence electrons. The smallest absolute Gasteiger partial charge is 0.276 e. The first-order valence-electron chi connectivity index (χ1n) is 10.5. The number of aromatic nitrogens is 3. The minimum absolute atomic E-state index is 0.0345. The van der Waals surface area contributed by atoms with Gasteiger partial charge >= 0.3 is 0 Å². The number of hydrogen-bond donors (Lipinski definition) is 0. The van der Waals surface area contributed by atoms with Crippen LogP contribution in [-0.2, 0) is 13.6 Å². The first kappa shape index (κ1) is 19.1. The van der Waals surface area contributed by atoms with Gasteiger partial charge < -0.3 is 9.32 Å². The molecule has 2 fully saturated rings. The van der Waals surface area contributed by atoms with Crippen LogP contribution in [-0.4, -0.2) is 50.1 Å². The van der Waals surface area contributed by atoms with Crippen LogP contribution in [0, 0.1) is 25.7 Å². The third-order valence-corrected chi connectivity index (χ3v) is 6.65. The van der Waals surface area contributed by atoms with Crippen molar-refractivity contribution in [3.63, 3.8) is 0 Å². The highest BCUT2D eigenvalue weighted by Gasteiger charge is 2.49. The molecule has 2 aliphatic rings.